The summed E-state index contributed by atoms with van der Waals surface area (Å²) in [6.07, 6.45) is 1.76. The third kappa shape index (κ3) is 1.85. The van der Waals surface area contributed by atoms with Crippen LogP contribution in [0.2, 0.25) is 0 Å². The molecule has 0 amide bonds. The molecule has 2 N–H and O–H groups in total. The van der Waals surface area contributed by atoms with E-state index < -0.39 is 5.97 Å². The number of hydrogen-bond acceptors (Lipinski definition) is 3. The Balaban J connectivity index is 2.54. The highest BCUT2D eigenvalue weighted by Gasteiger charge is 2.10. The van der Waals surface area contributed by atoms with Crippen LogP contribution in [-0.2, 0) is 0 Å². The highest BCUT2D eigenvalue weighted by atomic mass is 16.4. The van der Waals surface area contributed by atoms with Gasteiger partial charge >= 0.3 is 5.97 Å². The monoisotopic (exact) mass is 203 g/mol. The van der Waals surface area contributed by atoms with Gasteiger partial charge in [-0.05, 0) is 25.1 Å². The zero-order valence-electron chi connectivity index (χ0n) is 8.06. The summed E-state index contributed by atoms with van der Waals surface area (Å²) < 4.78 is 0. The molecule has 2 aromatic rings. The third-order valence-electron chi connectivity index (χ3n) is 1.92. The largest absolute Gasteiger partial charge is 0.475 e. The number of aromatic carboxylic acids is 1. The lowest BCUT2D eigenvalue weighted by molar-refractivity contribution is 0.0683. The fourth-order valence-corrected chi connectivity index (χ4v) is 1.29. The van der Waals surface area contributed by atoms with Crippen molar-refractivity contribution in [2.24, 2.45) is 0 Å². The predicted octanol–water partition coefficient (Wildman–Crippen LogP) is 1.48. The van der Waals surface area contributed by atoms with Crippen molar-refractivity contribution in [2.75, 3.05) is 0 Å². The molecule has 0 bridgehead atoms. The molecule has 5 heteroatoms. The van der Waals surface area contributed by atoms with Crippen LogP contribution in [0.4, 0.5) is 0 Å². The lowest BCUT2D eigenvalue weighted by Gasteiger charge is -2.01. The normalized spacial score (nSPS) is 10.2. The minimum absolute atomic E-state index is 0.181. The zero-order valence-corrected chi connectivity index (χ0v) is 8.06. The number of aromatic nitrogens is 3. The number of carboxylic acids is 1. The van der Waals surface area contributed by atoms with Gasteiger partial charge in [0.2, 0.25) is 5.82 Å². The van der Waals surface area contributed by atoms with Crippen molar-refractivity contribution in [1.29, 1.82) is 0 Å². The van der Waals surface area contributed by atoms with Crippen LogP contribution in [0.1, 0.15) is 16.3 Å². The Kier molecular flexibility index (Phi) is 2.21. The molecule has 0 aliphatic rings. The lowest BCUT2D eigenvalue weighted by atomic mass is 10.2. The van der Waals surface area contributed by atoms with Crippen LogP contribution in [0.15, 0.2) is 24.4 Å². The Labute approximate surface area is 85.8 Å². The molecule has 0 aliphatic heterocycles. The van der Waals surface area contributed by atoms with Gasteiger partial charge in [0.25, 0.3) is 0 Å². The molecule has 0 unspecified atom stereocenters. The predicted molar refractivity (Wildman–Crippen MR) is 53.5 cm³/mol. The van der Waals surface area contributed by atoms with Crippen molar-refractivity contribution in [2.45, 2.75) is 6.92 Å². The highest BCUT2D eigenvalue weighted by Crippen LogP contribution is 2.14. The summed E-state index contributed by atoms with van der Waals surface area (Å²) in [4.78, 5) is 21.5. The summed E-state index contributed by atoms with van der Waals surface area (Å²) in [5, 5.41) is 8.80. The summed E-state index contributed by atoms with van der Waals surface area (Å²) in [5.41, 5.74) is 2.00. The summed E-state index contributed by atoms with van der Waals surface area (Å²) in [6, 6.07) is 5.39. The van der Waals surface area contributed by atoms with E-state index in [4.69, 9.17) is 5.11 Å². The van der Waals surface area contributed by atoms with E-state index in [1.54, 1.807) is 19.2 Å². The van der Waals surface area contributed by atoms with Gasteiger partial charge in [-0.15, -0.1) is 0 Å². The molecule has 5 nitrogen and oxygen atoms in total. The number of carbonyl (C=O) groups is 1. The van der Waals surface area contributed by atoms with Gasteiger partial charge in [-0.25, -0.2) is 14.8 Å². The topological polar surface area (TPSA) is 78.9 Å². The van der Waals surface area contributed by atoms with E-state index in [2.05, 4.69) is 15.0 Å². The first-order chi connectivity index (χ1) is 7.16. The van der Waals surface area contributed by atoms with Crippen molar-refractivity contribution in [3.63, 3.8) is 0 Å². The van der Waals surface area contributed by atoms with Crippen LogP contribution in [0.5, 0.6) is 0 Å². The maximum Gasteiger partial charge on any atom is 0.373 e. The van der Waals surface area contributed by atoms with Crippen molar-refractivity contribution in [3.05, 3.63) is 35.9 Å². The SMILES string of the molecule is Cc1cc(-c2ccc[nH]2)nc(C(=O)O)n1. The lowest BCUT2D eigenvalue weighted by Crippen LogP contribution is -2.06. The van der Waals surface area contributed by atoms with Gasteiger partial charge in [-0.1, -0.05) is 0 Å². The number of nitrogens with one attached hydrogen (secondary N) is 1. The van der Waals surface area contributed by atoms with Crippen molar-refractivity contribution in [3.8, 4) is 11.4 Å². The Bertz CT molecular complexity index is 491. The van der Waals surface area contributed by atoms with E-state index in [1.807, 2.05) is 12.1 Å². The second kappa shape index (κ2) is 3.53. The second-order valence-electron chi connectivity index (χ2n) is 3.11. The van der Waals surface area contributed by atoms with Crippen LogP contribution in [0, 0.1) is 6.92 Å². The molecule has 2 heterocycles. The van der Waals surface area contributed by atoms with Gasteiger partial charge in [0, 0.05) is 11.9 Å². The van der Waals surface area contributed by atoms with E-state index in [-0.39, 0.29) is 5.82 Å². The van der Waals surface area contributed by atoms with Gasteiger partial charge in [0.1, 0.15) is 0 Å². The number of carboxylic acid groups (broad SMARTS) is 1. The van der Waals surface area contributed by atoms with Gasteiger partial charge in [-0.3, -0.25) is 0 Å². The second-order valence-corrected chi connectivity index (χ2v) is 3.11. The zero-order chi connectivity index (χ0) is 10.8. The maximum absolute atomic E-state index is 10.7. The smallest absolute Gasteiger partial charge is 0.373 e. The number of nitrogens with zero attached hydrogens (tertiary/aromatic N) is 2. The Hall–Kier alpha value is -2.17. The fourth-order valence-electron chi connectivity index (χ4n) is 1.29. The molecular formula is C10H9N3O2. The van der Waals surface area contributed by atoms with Crippen LogP contribution in [-0.4, -0.2) is 26.0 Å². The number of aromatic amines is 1. The first kappa shape index (κ1) is 9.39. The number of hydrogen-bond donors (Lipinski definition) is 2. The average molecular weight is 203 g/mol. The molecule has 76 valence electrons. The standard InChI is InChI=1S/C10H9N3O2/c1-6-5-8(7-3-2-4-11-7)13-9(12-6)10(14)15/h2-5,11H,1H3,(H,14,15). The maximum atomic E-state index is 10.7. The van der Waals surface area contributed by atoms with Gasteiger partial charge < -0.3 is 10.1 Å². The molecule has 2 aromatic heterocycles. The molecule has 0 aromatic carbocycles. The molecule has 2 rings (SSSR count). The molecule has 15 heavy (non-hydrogen) atoms. The number of rotatable bonds is 2. The van der Waals surface area contributed by atoms with Crippen LogP contribution in [0.3, 0.4) is 0 Å². The molecule has 0 aliphatic carbocycles. The molecule has 0 spiro atoms. The average Bonchev–Trinajstić information content (AvgIpc) is 2.69. The first-order valence-corrected chi connectivity index (χ1v) is 4.39. The van der Waals surface area contributed by atoms with Crippen LogP contribution in [0.25, 0.3) is 11.4 Å². The van der Waals surface area contributed by atoms with Crippen molar-refractivity contribution < 1.29 is 9.90 Å². The van der Waals surface area contributed by atoms with Gasteiger partial charge in [0.15, 0.2) is 0 Å². The summed E-state index contributed by atoms with van der Waals surface area (Å²) in [7, 11) is 0. The molecule has 0 fully saturated rings. The quantitative estimate of drug-likeness (QED) is 0.774. The van der Waals surface area contributed by atoms with E-state index in [1.165, 1.54) is 0 Å². The minimum Gasteiger partial charge on any atom is -0.475 e. The summed E-state index contributed by atoms with van der Waals surface area (Å²) in [5.74, 6) is -1.30. The summed E-state index contributed by atoms with van der Waals surface area (Å²) >= 11 is 0. The number of aryl methyl sites for hydroxylation is 1. The van der Waals surface area contributed by atoms with Crippen molar-refractivity contribution in [1.82, 2.24) is 15.0 Å². The van der Waals surface area contributed by atoms with Crippen LogP contribution < -0.4 is 0 Å². The van der Waals surface area contributed by atoms with Gasteiger partial charge in [0.05, 0.1) is 11.4 Å². The van der Waals surface area contributed by atoms with Crippen LogP contribution >= 0.6 is 0 Å². The minimum atomic E-state index is -1.12. The van der Waals surface area contributed by atoms with E-state index in [9.17, 15) is 4.79 Å². The highest BCUT2D eigenvalue weighted by molar-refractivity contribution is 5.83. The van der Waals surface area contributed by atoms with E-state index in [0.29, 0.717) is 11.4 Å². The molecule has 0 radical (unpaired) electrons. The fraction of sp³-hybridized carbons (Fsp3) is 0.100. The first-order valence-electron chi connectivity index (χ1n) is 4.39. The molecular weight excluding hydrogens is 194 g/mol. The third-order valence-corrected chi connectivity index (χ3v) is 1.92. The van der Waals surface area contributed by atoms with E-state index in [0.717, 1.165) is 5.69 Å². The Morgan fingerprint density at radius 3 is 2.87 bits per heavy atom. The Morgan fingerprint density at radius 2 is 2.27 bits per heavy atom. The number of H-pyrrole nitrogens is 1. The molecule has 0 atom stereocenters. The van der Waals surface area contributed by atoms with Gasteiger partial charge in [-0.2, -0.15) is 0 Å². The van der Waals surface area contributed by atoms with E-state index >= 15 is 0 Å². The van der Waals surface area contributed by atoms with Crippen molar-refractivity contribution >= 4 is 5.97 Å². The Morgan fingerprint density at radius 1 is 1.47 bits per heavy atom. The summed E-state index contributed by atoms with van der Waals surface area (Å²) in [6.45, 7) is 1.74. The molecule has 0 saturated heterocycles. The molecule has 0 saturated carbocycles.